The lowest BCUT2D eigenvalue weighted by atomic mass is 9.86. The number of aromatic nitrogens is 2. The molecule has 0 spiro atoms. The van der Waals surface area contributed by atoms with Gasteiger partial charge in [0, 0.05) is 17.3 Å². The molecule has 0 fully saturated rings. The largest absolute Gasteiger partial charge is 0.339 e. The van der Waals surface area contributed by atoms with Gasteiger partial charge in [-0.1, -0.05) is 45.0 Å². The Morgan fingerprint density at radius 1 is 1.00 bits per heavy atom. The standard InChI is InChI=1S/C17H18N2/c1-17(2,3)14-8-6-12(7-9-14)15-11-13-5-4-10-18-16(13)19-15/h4-11H,1-3H3,(H,18,19). The second-order valence-corrected chi connectivity index (χ2v) is 5.95. The van der Waals surface area contributed by atoms with E-state index in [0.717, 1.165) is 16.7 Å². The molecule has 2 aromatic heterocycles. The van der Waals surface area contributed by atoms with E-state index in [2.05, 4.69) is 67.1 Å². The van der Waals surface area contributed by atoms with E-state index in [4.69, 9.17) is 0 Å². The van der Waals surface area contributed by atoms with Crippen LogP contribution >= 0.6 is 0 Å². The number of benzene rings is 1. The van der Waals surface area contributed by atoms with E-state index < -0.39 is 0 Å². The van der Waals surface area contributed by atoms with Gasteiger partial charge in [-0.3, -0.25) is 0 Å². The average molecular weight is 250 g/mol. The second kappa shape index (κ2) is 4.23. The van der Waals surface area contributed by atoms with Crippen molar-refractivity contribution in [1.29, 1.82) is 0 Å². The molecule has 0 amide bonds. The molecule has 0 saturated carbocycles. The van der Waals surface area contributed by atoms with Gasteiger partial charge in [0.05, 0.1) is 0 Å². The Bertz CT molecular complexity index is 667. The summed E-state index contributed by atoms with van der Waals surface area (Å²) in [4.78, 5) is 7.69. The molecule has 0 saturated heterocycles. The van der Waals surface area contributed by atoms with Gasteiger partial charge in [0.15, 0.2) is 0 Å². The zero-order valence-corrected chi connectivity index (χ0v) is 11.6. The van der Waals surface area contributed by atoms with Crippen LogP contribution < -0.4 is 0 Å². The van der Waals surface area contributed by atoms with Crippen LogP contribution in [0.15, 0.2) is 48.7 Å². The molecule has 19 heavy (non-hydrogen) atoms. The van der Waals surface area contributed by atoms with Gasteiger partial charge in [-0.05, 0) is 34.7 Å². The van der Waals surface area contributed by atoms with Crippen LogP contribution in [0.5, 0.6) is 0 Å². The fourth-order valence-electron chi connectivity index (χ4n) is 2.26. The summed E-state index contributed by atoms with van der Waals surface area (Å²) in [6, 6.07) is 14.9. The van der Waals surface area contributed by atoms with Gasteiger partial charge >= 0.3 is 0 Å². The molecular weight excluding hydrogens is 232 g/mol. The van der Waals surface area contributed by atoms with Crippen LogP contribution in [0, 0.1) is 0 Å². The minimum atomic E-state index is 0.195. The molecule has 1 N–H and O–H groups in total. The van der Waals surface area contributed by atoms with Crippen LogP contribution in [0.2, 0.25) is 0 Å². The monoisotopic (exact) mass is 250 g/mol. The quantitative estimate of drug-likeness (QED) is 0.675. The molecule has 0 radical (unpaired) electrons. The van der Waals surface area contributed by atoms with Gasteiger partial charge in [-0.25, -0.2) is 4.98 Å². The van der Waals surface area contributed by atoms with E-state index in [0.29, 0.717) is 0 Å². The minimum absolute atomic E-state index is 0.195. The first-order chi connectivity index (χ1) is 9.04. The van der Waals surface area contributed by atoms with Crippen molar-refractivity contribution in [3.63, 3.8) is 0 Å². The number of hydrogen-bond donors (Lipinski definition) is 1. The molecule has 1 aromatic carbocycles. The summed E-state index contributed by atoms with van der Waals surface area (Å²) in [7, 11) is 0. The molecule has 2 heterocycles. The lowest BCUT2D eigenvalue weighted by Crippen LogP contribution is -2.10. The summed E-state index contributed by atoms with van der Waals surface area (Å²) >= 11 is 0. The van der Waals surface area contributed by atoms with Gasteiger partial charge in [0.25, 0.3) is 0 Å². The first-order valence-corrected chi connectivity index (χ1v) is 6.59. The molecule has 0 aliphatic carbocycles. The Labute approximate surface area is 113 Å². The molecule has 0 aliphatic heterocycles. The molecule has 3 rings (SSSR count). The van der Waals surface area contributed by atoms with E-state index in [1.165, 1.54) is 11.1 Å². The second-order valence-electron chi connectivity index (χ2n) is 5.95. The van der Waals surface area contributed by atoms with Crippen LogP contribution in [-0.4, -0.2) is 9.97 Å². The number of nitrogens with one attached hydrogen (secondary N) is 1. The van der Waals surface area contributed by atoms with Crippen LogP contribution in [0.1, 0.15) is 26.3 Å². The number of pyridine rings is 1. The van der Waals surface area contributed by atoms with E-state index in [1.54, 1.807) is 0 Å². The van der Waals surface area contributed by atoms with E-state index >= 15 is 0 Å². The van der Waals surface area contributed by atoms with Gasteiger partial charge < -0.3 is 4.98 Å². The predicted octanol–water partition coefficient (Wildman–Crippen LogP) is 4.53. The average Bonchev–Trinajstić information content (AvgIpc) is 2.81. The van der Waals surface area contributed by atoms with E-state index in [9.17, 15) is 0 Å². The smallest absolute Gasteiger partial charge is 0.137 e. The summed E-state index contributed by atoms with van der Waals surface area (Å²) in [6.45, 7) is 6.69. The SMILES string of the molecule is CC(C)(C)c1ccc(-c2cc3cccnc3[nH]2)cc1. The van der Waals surface area contributed by atoms with E-state index in [1.807, 2.05) is 12.3 Å². The van der Waals surface area contributed by atoms with Crippen molar-refractivity contribution in [3.8, 4) is 11.3 Å². The predicted molar refractivity (Wildman–Crippen MR) is 80.2 cm³/mol. The maximum atomic E-state index is 4.33. The van der Waals surface area contributed by atoms with Crippen molar-refractivity contribution < 1.29 is 0 Å². The highest BCUT2D eigenvalue weighted by atomic mass is 14.8. The zero-order valence-electron chi connectivity index (χ0n) is 11.6. The van der Waals surface area contributed by atoms with Crippen LogP contribution in [0.4, 0.5) is 0 Å². The van der Waals surface area contributed by atoms with Crippen molar-refractivity contribution >= 4 is 11.0 Å². The van der Waals surface area contributed by atoms with Crippen LogP contribution in [0.3, 0.4) is 0 Å². The summed E-state index contributed by atoms with van der Waals surface area (Å²) < 4.78 is 0. The molecule has 2 nitrogen and oxygen atoms in total. The number of rotatable bonds is 1. The van der Waals surface area contributed by atoms with Crippen LogP contribution in [0.25, 0.3) is 22.3 Å². The molecule has 0 unspecified atom stereocenters. The maximum absolute atomic E-state index is 4.33. The van der Waals surface area contributed by atoms with Gasteiger partial charge in [-0.15, -0.1) is 0 Å². The summed E-state index contributed by atoms with van der Waals surface area (Å²) in [6.07, 6.45) is 1.81. The van der Waals surface area contributed by atoms with Gasteiger partial charge in [0.2, 0.25) is 0 Å². The van der Waals surface area contributed by atoms with Gasteiger partial charge in [0.1, 0.15) is 5.65 Å². The Hall–Kier alpha value is -2.09. The first-order valence-electron chi connectivity index (χ1n) is 6.59. The highest BCUT2D eigenvalue weighted by Crippen LogP contribution is 2.27. The number of H-pyrrole nitrogens is 1. The summed E-state index contributed by atoms with van der Waals surface area (Å²) in [5.74, 6) is 0. The summed E-state index contributed by atoms with van der Waals surface area (Å²) in [5.41, 5.74) is 4.81. The Morgan fingerprint density at radius 3 is 2.37 bits per heavy atom. The number of hydrogen-bond acceptors (Lipinski definition) is 1. The third-order valence-electron chi connectivity index (χ3n) is 3.45. The highest BCUT2D eigenvalue weighted by Gasteiger charge is 2.13. The van der Waals surface area contributed by atoms with Crippen molar-refractivity contribution in [3.05, 3.63) is 54.2 Å². The molecule has 2 heteroatoms. The number of aromatic amines is 1. The zero-order chi connectivity index (χ0) is 13.5. The number of nitrogens with zero attached hydrogens (tertiary/aromatic N) is 1. The lowest BCUT2D eigenvalue weighted by molar-refractivity contribution is 0.590. The van der Waals surface area contributed by atoms with E-state index in [-0.39, 0.29) is 5.41 Å². The fraction of sp³-hybridized carbons (Fsp3) is 0.235. The molecule has 0 atom stereocenters. The molecule has 0 aliphatic rings. The van der Waals surface area contributed by atoms with Crippen molar-refractivity contribution in [2.45, 2.75) is 26.2 Å². The third-order valence-corrected chi connectivity index (χ3v) is 3.45. The first kappa shape index (κ1) is 12.0. The molecular formula is C17H18N2. The van der Waals surface area contributed by atoms with Crippen molar-refractivity contribution in [2.75, 3.05) is 0 Å². The molecule has 0 bridgehead atoms. The van der Waals surface area contributed by atoms with Crippen LogP contribution in [-0.2, 0) is 5.41 Å². The van der Waals surface area contributed by atoms with Crippen molar-refractivity contribution in [1.82, 2.24) is 9.97 Å². The highest BCUT2D eigenvalue weighted by molar-refractivity contribution is 5.82. The Balaban J connectivity index is 2.02. The van der Waals surface area contributed by atoms with Gasteiger partial charge in [-0.2, -0.15) is 0 Å². The summed E-state index contributed by atoms with van der Waals surface area (Å²) in [5, 5.41) is 1.15. The lowest BCUT2D eigenvalue weighted by Gasteiger charge is -2.18. The Morgan fingerprint density at radius 2 is 1.74 bits per heavy atom. The maximum Gasteiger partial charge on any atom is 0.137 e. The normalized spacial score (nSPS) is 11.9. The Kier molecular flexibility index (Phi) is 2.67. The molecule has 3 aromatic rings. The minimum Gasteiger partial charge on any atom is -0.339 e. The fourth-order valence-corrected chi connectivity index (χ4v) is 2.26. The molecule has 96 valence electrons. The topological polar surface area (TPSA) is 28.7 Å². The van der Waals surface area contributed by atoms with Crippen molar-refractivity contribution in [2.24, 2.45) is 0 Å². The third kappa shape index (κ3) is 2.26. The number of fused-ring (bicyclic) bond motifs is 1.